The van der Waals surface area contributed by atoms with Gasteiger partial charge in [0.25, 0.3) is 0 Å². The third kappa shape index (κ3) is 4.14. The Kier molecular flexibility index (Phi) is 5.91. The summed E-state index contributed by atoms with van der Waals surface area (Å²) in [7, 11) is 0. The predicted octanol–water partition coefficient (Wildman–Crippen LogP) is 4.35. The second-order valence-electron chi connectivity index (χ2n) is 4.04. The summed E-state index contributed by atoms with van der Waals surface area (Å²) in [5.74, 6) is 1.08. The number of halogens is 3. The molecule has 16 heavy (non-hydrogen) atoms. The molecule has 4 heteroatoms. The van der Waals surface area contributed by atoms with Crippen molar-refractivity contribution in [2.45, 2.75) is 26.4 Å². The lowest BCUT2D eigenvalue weighted by Crippen LogP contribution is -2.32. The van der Waals surface area contributed by atoms with Gasteiger partial charge in [0, 0.05) is 28.5 Å². The Hall–Kier alpha value is 0.0500. The van der Waals surface area contributed by atoms with Crippen LogP contribution in [0.1, 0.15) is 19.4 Å². The second kappa shape index (κ2) is 6.70. The second-order valence-corrected chi connectivity index (χ2v) is 5.19. The van der Waals surface area contributed by atoms with Gasteiger partial charge in [-0.05, 0) is 36.6 Å². The molecule has 0 saturated carbocycles. The fourth-order valence-corrected chi connectivity index (χ4v) is 1.93. The minimum atomic E-state index is 0.354. The molecule has 1 rings (SSSR count). The molecule has 0 bridgehead atoms. The Balaban J connectivity index is 2.57. The normalized spacial score (nSPS) is 14.8. The molecule has 0 aromatic heterocycles. The Morgan fingerprint density at radius 2 is 1.94 bits per heavy atom. The molecule has 0 radical (unpaired) electrons. The van der Waals surface area contributed by atoms with Crippen LogP contribution >= 0.6 is 34.8 Å². The zero-order valence-corrected chi connectivity index (χ0v) is 11.7. The summed E-state index contributed by atoms with van der Waals surface area (Å²) in [6.45, 7) is 4.94. The van der Waals surface area contributed by atoms with Crippen LogP contribution in [0.4, 0.5) is 0 Å². The standard InChI is InChI=1S/C12H16Cl3N/c1-8(6-13)9(2)16-7-10-5-11(14)3-4-12(10)15/h3-5,8-9,16H,6-7H2,1-2H3. The Bertz CT molecular complexity index is 341. The highest BCUT2D eigenvalue weighted by Crippen LogP contribution is 2.20. The molecule has 0 aliphatic heterocycles. The largest absolute Gasteiger partial charge is 0.310 e. The highest BCUT2D eigenvalue weighted by atomic mass is 35.5. The lowest BCUT2D eigenvalue weighted by molar-refractivity contribution is 0.430. The molecule has 1 nitrogen and oxygen atoms in total. The zero-order chi connectivity index (χ0) is 12.1. The third-order valence-corrected chi connectivity index (χ3v) is 3.81. The van der Waals surface area contributed by atoms with Gasteiger partial charge in [-0.15, -0.1) is 11.6 Å². The summed E-state index contributed by atoms with van der Waals surface area (Å²) in [5, 5.41) is 4.84. The molecule has 0 amide bonds. The van der Waals surface area contributed by atoms with E-state index in [-0.39, 0.29) is 0 Å². The van der Waals surface area contributed by atoms with E-state index in [2.05, 4.69) is 19.2 Å². The number of alkyl halides is 1. The van der Waals surface area contributed by atoms with Gasteiger partial charge in [0.15, 0.2) is 0 Å². The maximum Gasteiger partial charge on any atom is 0.0451 e. The average molecular weight is 281 g/mol. The van der Waals surface area contributed by atoms with Crippen molar-refractivity contribution in [2.24, 2.45) is 5.92 Å². The third-order valence-electron chi connectivity index (χ3n) is 2.72. The summed E-state index contributed by atoms with van der Waals surface area (Å²) >= 11 is 17.8. The van der Waals surface area contributed by atoms with Gasteiger partial charge in [0.05, 0.1) is 0 Å². The smallest absolute Gasteiger partial charge is 0.0451 e. The van der Waals surface area contributed by atoms with Crippen LogP contribution in [-0.4, -0.2) is 11.9 Å². The zero-order valence-electron chi connectivity index (χ0n) is 9.43. The first-order valence-electron chi connectivity index (χ1n) is 5.28. The minimum Gasteiger partial charge on any atom is -0.310 e. The van der Waals surface area contributed by atoms with Crippen molar-refractivity contribution in [1.82, 2.24) is 5.32 Å². The summed E-state index contributed by atoms with van der Waals surface area (Å²) in [4.78, 5) is 0. The maximum atomic E-state index is 6.07. The molecule has 0 aliphatic rings. The molecule has 90 valence electrons. The van der Waals surface area contributed by atoms with E-state index in [0.717, 1.165) is 10.6 Å². The van der Waals surface area contributed by atoms with E-state index >= 15 is 0 Å². The maximum absolute atomic E-state index is 6.07. The van der Waals surface area contributed by atoms with E-state index in [1.54, 1.807) is 6.07 Å². The number of rotatable bonds is 5. The van der Waals surface area contributed by atoms with Crippen LogP contribution in [-0.2, 0) is 6.54 Å². The molecule has 1 aromatic carbocycles. The molecule has 0 saturated heterocycles. The first kappa shape index (κ1) is 14.1. The van der Waals surface area contributed by atoms with Gasteiger partial charge in [-0.1, -0.05) is 30.1 Å². The molecule has 0 heterocycles. The van der Waals surface area contributed by atoms with Crippen LogP contribution in [0.5, 0.6) is 0 Å². The fourth-order valence-electron chi connectivity index (χ4n) is 1.28. The number of nitrogens with one attached hydrogen (secondary N) is 1. The van der Waals surface area contributed by atoms with Crippen molar-refractivity contribution in [3.63, 3.8) is 0 Å². The van der Waals surface area contributed by atoms with Gasteiger partial charge < -0.3 is 5.32 Å². The Labute approximate surface area is 112 Å². The molecule has 2 unspecified atom stereocenters. The number of benzene rings is 1. The molecule has 0 spiro atoms. The van der Waals surface area contributed by atoms with Crippen LogP contribution in [0, 0.1) is 5.92 Å². The Morgan fingerprint density at radius 3 is 2.56 bits per heavy atom. The minimum absolute atomic E-state index is 0.354. The topological polar surface area (TPSA) is 12.0 Å². The van der Waals surface area contributed by atoms with Crippen LogP contribution in [0.25, 0.3) is 0 Å². The molecule has 2 atom stereocenters. The van der Waals surface area contributed by atoms with E-state index in [1.165, 1.54) is 0 Å². The predicted molar refractivity (Wildman–Crippen MR) is 72.6 cm³/mol. The van der Waals surface area contributed by atoms with Crippen molar-refractivity contribution < 1.29 is 0 Å². The number of hydrogen-bond donors (Lipinski definition) is 1. The quantitative estimate of drug-likeness (QED) is 0.791. The summed E-state index contributed by atoms with van der Waals surface area (Å²) in [5.41, 5.74) is 1.02. The molecule has 1 N–H and O–H groups in total. The van der Waals surface area contributed by atoms with E-state index in [9.17, 15) is 0 Å². The first-order valence-corrected chi connectivity index (χ1v) is 6.57. The fraction of sp³-hybridized carbons (Fsp3) is 0.500. The summed E-state index contributed by atoms with van der Waals surface area (Å²) < 4.78 is 0. The van der Waals surface area contributed by atoms with E-state index in [4.69, 9.17) is 34.8 Å². The lowest BCUT2D eigenvalue weighted by Gasteiger charge is -2.19. The SMILES string of the molecule is CC(CCl)C(C)NCc1cc(Cl)ccc1Cl. The van der Waals surface area contributed by atoms with Crippen LogP contribution < -0.4 is 5.32 Å². The van der Waals surface area contributed by atoms with Gasteiger partial charge in [-0.2, -0.15) is 0 Å². The Morgan fingerprint density at radius 1 is 1.25 bits per heavy atom. The molecular formula is C12H16Cl3N. The molecule has 1 aromatic rings. The van der Waals surface area contributed by atoms with Gasteiger partial charge >= 0.3 is 0 Å². The van der Waals surface area contributed by atoms with Crippen molar-refractivity contribution in [3.05, 3.63) is 33.8 Å². The lowest BCUT2D eigenvalue weighted by atomic mass is 10.1. The van der Waals surface area contributed by atoms with E-state index in [0.29, 0.717) is 29.4 Å². The van der Waals surface area contributed by atoms with Crippen molar-refractivity contribution in [2.75, 3.05) is 5.88 Å². The van der Waals surface area contributed by atoms with Gasteiger partial charge in [0.1, 0.15) is 0 Å². The van der Waals surface area contributed by atoms with Gasteiger partial charge in [0.2, 0.25) is 0 Å². The average Bonchev–Trinajstić information content (AvgIpc) is 2.28. The van der Waals surface area contributed by atoms with E-state index in [1.807, 2.05) is 12.1 Å². The van der Waals surface area contributed by atoms with Crippen LogP contribution in [0.2, 0.25) is 10.0 Å². The van der Waals surface area contributed by atoms with Gasteiger partial charge in [-0.3, -0.25) is 0 Å². The summed E-state index contributed by atoms with van der Waals surface area (Å²) in [6, 6.07) is 5.84. The van der Waals surface area contributed by atoms with Crippen molar-refractivity contribution >= 4 is 34.8 Å². The highest BCUT2D eigenvalue weighted by Gasteiger charge is 2.11. The van der Waals surface area contributed by atoms with E-state index < -0.39 is 0 Å². The molecule has 0 fully saturated rings. The van der Waals surface area contributed by atoms with Crippen molar-refractivity contribution in [3.8, 4) is 0 Å². The van der Waals surface area contributed by atoms with Crippen LogP contribution in [0.3, 0.4) is 0 Å². The molecule has 0 aliphatic carbocycles. The monoisotopic (exact) mass is 279 g/mol. The highest BCUT2D eigenvalue weighted by molar-refractivity contribution is 6.33. The summed E-state index contributed by atoms with van der Waals surface area (Å²) in [6.07, 6.45) is 0. The number of hydrogen-bond acceptors (Lipinski definition) is 1. The first-order chi connectivity index (χ1) is 7.54. The van der Waals surface area contributed by atoms with Crippen LogP contribution in [0.15, 0.2) is 18.2 Å². The van der Waals surface area contributed by atoms with Crippen molar-refractivity contribution in [1.29, 1.82) is 0 Å². The van der Waals surface area contributed by atoms with Gasteiger partial charge in [-0.25, -0.2) is 0 Å². The molecular weight excluding hydrogens is 264 g/mol.